The summed E-state index contributed by atoms with van der Waals surface area (Å²) in [6.07, 6.45) is 14.8. The minimum Gasteiger partial charge on any atom is -0.309 e. The molecule has 4 nitrogen and oxygen atoms in total. The molecule has 0 aliphatic heterocycles. The van der Waals surface area contributed by atoms with E-state index in [9.17, 15) is 0 Å². The predicted octanol–water partition coefficient (Wildman–Crippen LogP) is 19.1. The number of benzene rings is 10. The van der Waals surface area contributed by atoms with Crippen LogP contribution in [-0.2, 0) is 0 Å². The molecule has 364 valence electrons. The third-order valence-corrected chi connectivity index (χ3v) is 15.4. The standard InChI is InChI=1S/C73H52N4/c1-50(52-23-3-2-4-24-52)46-65(55-27-21-26-54(47-55)57-28-7-14-35-66(57)76-69-38-17-10-31-60(69)61-32-11-18-39-70(61)76)74-49-51-22-5-6-25-53(43-42-51)64-48-56(75-67-36-15-8-29-58(67)59-30-9-16-37-68(59)75)44-45-73(64)77-71-40-19-12-33-62(71)63-34-13-20-41-72(63)77/h2-5,7-42,44-49H,1,6,43H2/b22-5-,51-42+,53-25+,65-46-,74-49-. The van der Waals surface area contributed by atoms with Crippen LogP contribution < -0.4 is 0 Å². The average Bonchev–Trinajstić information content (AvgIpc) is 4.24. The van der Waals surface area contributed by atoms with Crippen molar-refractivity contribution in [1.82, 2.24) is 13.7 Å². The molecule has 10 aromatic carbocycles. The summed E-state index contributed by atoms with van der Waals surface area (Å²) < 4.78 is 7.29. The fourth-order valence-corrected chi connectivity index (χ4v) is 11.8. The largest absolute Gasteiger partial charge is 0.309 e. The minimum atomic E-state index is 0.706. The van der Waals surface area contributed by atoms with Crippen LogP contribution in [0, 0.1) is 0 Å². The molecule has 4 heteroatoms. The van der Waals surface area contributed by atoms with E-state index in [2.05, 4.69) is 287 Å². The van der Waals surface area contributed by atoms with Gasteiger partial charge in [0.1, 0.15) is 0 Å². The second-order valence-corrected chi connectivity index (χ2v) is 19.9. The van der Waals surface area contributed by atoms with Crippen LogP contribution >= 0.6 is 0 Å². The van der Waals surface area contributed by atoms with Crippen molar-refractivity contribution in [3.63, 3.8) is 0 Å². The lowest BCUT2D eigenvalue weighted by molar-refractivity contribution is 1.13. The maximum absolute atomic E-state index is 5.40. The van der Waals surface area contributed by atoms with Crippen molar-refractivity contribution in [3.8, 4) is 28.2 Å². The Balaban J connectivity index is 0.875. The zero-order valence-corrected chi connectivity index (χ0v) is 42.5. The van der Waals surface area contributed by atoms with Crippen molar-refractivity contribution in [3.05, 3.63) is 302 Å². The van der Waals surface area contributed by atoms with Crippen LogP contribution in [-0.4, -0.2) is 19.9 Å². The Morgan fingerprint density at radius 1 is 0.416 bits per heavy atom. The van der Waals surface area contributed by atoms with Gasteiger partial charge in [-0.1, -0.05) is 207 Å². The first kappa shape index (κ1) is 45.6. The van der Waals surface area contributed by atoms with E-state index < -0.39 is 0 Å². The number of para-hydroxylation sites is 7. The van der Waals surface area contributed by atoms with Crippen molar-refractivity contribution in [1.29, 1.82) is 0 Å². The third-order valence-electron chi connectivity index (χ3n) is 15.4. The van der Waals surface area contributed by atoms with Gasteiger partial charge < -0.3 is 13.7 Å². The zero-order valence-electron chi connectivity index (χ0n) is 42.5. The Morgan fingerprint density at radius 2 is 0.896 bits per heavy atom. The number of fused-ring (bicyclic) bond motifs is 9. The smallest absolute Gasteiger partial charge is 0.0708 e. The molecule has 77 heavy (non-hydrogen) atoms. The summed E-state index contributed by atoms with van der Waals surface area (Å²) in [4.78, 5) is 5.40. The van der Waals surface area contributed by atoms with Gasteiger partial charge in [0.15, 0.2) is 0 Å². The van der Waals surface area contributed by atoms with Crippen LogP contribution in [0.3, 0.4) is 0 Å². The van der Waals surface area contributed by atoms with Crippen LogP contribution in [0.2, 0.25) is 0 Å². The lowest BCUT2D eigenvalue weighted by atomic mass is 9.95. The normalized spacial score (nSPS) is 15.0. The fraction of sp³-hybridized carbons (Fsp3) is 0.0274. The van der Waals surface area contributed by atoms with Crippen molar-refractivity contribution in [2.45, 2.75) is 12.8 Å². The molecule has 3 heterocycles. The molecule has 0 N–H and O–H groups in total. The van der Waals surface area contributed by atoms with Gasteiger partial charge in [-0.05, 0) is 113 Å². The molecule has 0 atom stereocenters. The van der Waals surface area contributed by atoms with Gasteiger partial charge in [0.25, 0.3) is 0 Å². The number of nitrogens with zero attached hydrogens (tertiary/aromatic N) is 4. The Bertz CT molecular complexity index is 4480. The number of aliphatic imine (C=N–C) groups is 1. The Labute approximate surface area is 447 Å². The highest BCUT2D eigenvalue weighted by Gasteiger charge is 2.21. The summed E-state index contributed by atoms with van der Waals surface area (Å²) >= 11 is 0. The van der Waals surface area contributed by atoms with E-state index in [4.69, 9.17) is 4.99 Å². The Hall–Kier alpha value is -10.0. The van der Waals surface area contributed by atoms with E-state index in [0.717, 1.165) is 62.6 Å². The molecular weight excluding hydrogens is 933 g/mol. The van der Waals surface area contributed by atoms with Crippen LogP contribution in [0.1, 0.15) is 29.5 Å². The lowest BCUT2D eigenvalue weighted by Crippen LogP contribution is -2.03. The maximum atomic E-state index is 5.40. The van der Waals surface area contributed by atoms with E-state index >= 15 is 0 Å². The van der Waals surface area contributed by atoms with Crippen molar-refractivity contribution >= 4 is 88.5 Å². The number of aromatic nitrogens is 3. The van der Waals surface area contributed by atoms with Crippen LogP contribution in [0.4, 0.5) is 0 Å². The molecule has 0 amide bonds. The molecule has 0 saturated carbocycles. The van der Waals surface area contributed by atoms with Crippen LogP contribution in [0.15, 0.2) is 290 Å². The second kappa shape index (κ2) is 19.3. The van der Waals surface area contributed by atoms with E-state index in [-0.39, 0.29) is 0 Å². The number of rotatable bonds is 10. The van der Waals surface area contributed by atoms with Crippen molar-refractivity contribution in [2.75, 3.05) is 0 Å². The molecule has 3 aromatic heterocycles. The zero-order chi connectivity index (χ0) is 51.2. The third kappa shape index (κ3) is 8.06. The number of hydrogen-bond acceptors (Lipinski definition) is 1. The molecule has 0 radical (unpaired) electrons. The summed E-state index contributed by atoms with van der Waals surface area (Å²) in [5.41, 5.74) is 20.0. The van der Waals surface area contributed by atoms with Gasteiger partial charge in [-0.3, -0.25) is 4.99 Å². The van der Waals surface area contributed by atoms with E-state index in [1.165, 1.54) is 76.6 Å². The minimum absolute atomic E-state index is 0.706. The average molecular weight is 985 g/mol. The summed E-state index contributed by atoms with van der Waals surface area (Å²) in [5.74, 6) is 0. The molecule has 0 spiro atoms. The Kier molecular flexibility index (Phi) is 11.5. The fourth-order valence-electron chi connectivity index (χ4n) is 11.8. The first-order valence-corrected chi connectivity index (χ1v) is 26.5. The van der Waals surface area contributed by atoms with Gasteiger partial charge in [0.05, 0.1) is 50.2 Å². The van der Waals surface area contributed by atoms with E-state index in [1.54, 1.807) is 0 Å². The van der Waals surface area contributed by atoms with E-state index in [0.29, 0.717) is 6.42 Å². The van der Waals surface area contributed by atoms with Crippen LogP contribution in [0.5, 0.6) is 0 Å². The van der Waals surface area contributed by atoms with Crippen molar-refractivity contribution in [2.24, 2.45) is 4.99 Å². The van der Waals surface area contributed by atoms with Gasteiger partial charge in [0.2, 0.25) is 0 Å². The van der Waals surface area contributed by atoms with Crippen molar-refractivity contribution < 1.29 is 0 Å². The quantitative estimate of drug-likeness (QED) is 0.0965. The number of hydrogen-bond donors (Lipinski definition) is 0. The van der Waals surface area contributed by atoms with Gasteiger partial charge in [0, 0.05) is 60.9 Å². The topological polar surface area (TPSA) is 27.1 Å². The first-order valence-electron chi connectivity index (χ1n) is 26.5. The Morgan fingerprint density at radius 3 is 1.47 bits per heavy atom. The molecule has 0 saturated heterocycles. The van der Waals surface area contributed by atoms with Gasteiger partial charge in [-0.15, -0.1) is 0 Å². The summed E-state index contributed by atoms with van der Waals surface area (Å²) in [5, 5.41) is 7.45. The number of allylic oxidation sites excluding steroid dienone is 8. The van der Waals surface area contributed by atoms with Crippen LogP contribution in [0.25, 0.3) is 110 Å². The van der Waals surface area contributed by atoms with Gasteiger partial charge >= 0.3 is 0 Å². The molecule has 0 unspecified atom stereocenters. The predicted molar refractivity (Wildman–Crippen MR) is 328 cm³/mol. The summed E-state index contributed by atoms with van der Waals surface area (Å²) in [6, 6.07) is 87.4. The van der Waals surface area contributed by atoms with Gasteiger partial charge in [-0.2, -0.15) is 0 Å². The molecule has 1 aliphatic rings. The molecule has 13 aromatic rings. The highest BCUT2D eigenvalue weighted by molar-refractivity contribution is 6.12. The molecule has 1 aliphatic carbocycles. The SMILES string of the molecule is C=C(\C=C(/N=C\C1=C\C/C(c2cc(-n3c4ccccc4c4ccccc43)ccc2-n2c3ccccc3c3ccccc32)=C\C\C=C/1)c1cccc(-c2ccccc2-n2c3ccccc3c3ccccc32)c1)c1ccccc1. The molecular formula is C73H52N4. The molecule has 14 rings (SSSR count). The summed E-state index contributed by atoms with van der Waals surface area (Å²) in [7, 11) is 0. The van der Waals surface area contributed by atoms with Gasteiger partial charge in [-0.25, -0.2) is 0 Å². The highest BCUT2D eigenvalue weighted by atomic mass is 15.0. The first-order chi connectivity index (χ1) is 38.1. The summed E-state index contributed by atoms with van der Waals surface area (Å²) in [6.45, 7) is 4.57. The lowest BCUT2D eigenvalue weighted by Gasteiger charge is -2.19. The molecule has 0 fully saturated rings. The van der Waals surface area contributed by atoms with E-state index in [1.807, 2.05) is 12.3 Å². The maximum Gasteiger partial charge on any atom is 0.0708 e. The highest BCUT2D eigenvalue weighted by Crippen LogP contribution is 2.41. The second-order valence-electron chi connectivity index (χ2n) is 19.9. The monoisotopic (exact) mass is 984 g/mol. The molecule has 0 bridgehead atoms.